The van der Waals surface area contributed by atoms with E-state index in [-0.39, 0.29) is 65.4 Å². The van der Waals surface area contributed by atoms with Gasteiger partial charge in [0, 0.05) is 62.9 Å². The molecular weight excluding hydrogens is 1310 g/mol. The largest absolute Gasteiger partial charge is 0.495 e. The van der Waals surface area contributed by atoms with Gasteiger partial charge in [0.05, 0.1) is 48.4 Å². The highest BCUT2D eigenvalue weighted by Gasteiger charge is 2.64. The van der Waals surface area contributed by atoms with Gasteiger partial charge in [-0.1, -0.05) is 85.8 Å². The molecule has 2 aromatic rings. The number of halogens is 4. The molecular formula is C59H80Br2Cl2N8O16. The fourth-order valence-electron chi connectivity index (χ4n) is 10.1. The molecule has 0 saturated carbocycles. The highest BCUT2D eigenvalue weighted by Crippen LogP contribution is 2.49. The zero-order chi connectivity index (χ0) is 64.7. The van der Waals surface area contributed by atoms with E-state index in [9.17, 15) is 48.3 Å². The predicted octanol–water partition coefficient (Wildman–Crippen LogP) is 6.76. The number of anilines is 2. The topological polar surface area (TPSA) is 325 Å². The summed E-state index contributed by atoms with van der Waals surface area (Å²) in [6.07, 6.45) is 1.75. The Morgan fingerprint density at radius 2 is 1.71 bits per heavy atom. The number of carbonyl (C=O) groups is 9. The van der Waals surface area contributed by atoms with Gasteiger partial charge in [-0.2, -0.15) is 0 Å². The first kappa shape index (κ1) is 71.7. The summed E-state index contributed by atoms with van der Waals surface area (Å²) in [6.45, 7) is 9.90. The Kier molecular flexibility index (Phi) is 26.3. The maximum Gasteiger partial charge on any atom is 0.409 e. The number of urea groups is 1. The smallest absolute Gasteiger partial charge is 0.409 e. The number of carbonyl (C=O) groups excluding carboxylic acids is 9. The van der Waals surface area contributed by atoms with Crippen LogP contribution in [0.15, 0.2) is 54.1 Å². The van der Waals surface area contributed by atoms with E-state index < -0.39 is 120 Å². The zero-order valence-electron chi connectivity index (χ0n) is 50.5. The summed E-state index contributed by atoms with van der Waals surface area (Å²) in [4.78, 5) is 122. The van der Waals surface area contributed by atoms with Crippen LogP contribution in [0.4, 0.5) is 21.0 Å². The molecule has 4 bridgehead atoms. The Morgan fingerprint density at radius 3 is 2.36 bits per heavy atom. The highest BCUT2D eigenvalue weighted by molar-refractivity contribution is 9.09. The van der Waals surface area contributed by atoms with E-state index in [0.29, 0.717) is 47.8 Å². The molecule has 8 N–H and O–H groups in total. The van der Waals surface area contributed by atoms with Gasteiger partial charge >= 0.3 is 24.1 Å². The van der Waals surface area contributed by atoms with Crippen LogP contribution in [0.25, 0.3) is 0 Å². The van der Waals surface area contributed by atoms with Crippen molar-refractivity contribution in [3.8, 4) is 5.75 Å². The summed E-state index contributed by atoms with van der Waals surface area (Å²) in [5, 5.41) is 25.6. The number of nitrogens with two attached hydrogens (primary N) is 1. The lowest BCUT2D eigenvalue weighted by Crippen LogP contribution is -2.63. The summed E-state index contributed by atoms with van der Waals surface area (Å²) in [7, 11) is 5.70. The van der Waals surface area contributed by atoms with E-state index in [0.717, 1.165) is 16.0 Å². The SMILES string of the molecule is COc1cc2cc(c1Cl)N(C)C(=O)C[C@H](OC(=O)[C@H](C)N(C)C(=O)c1ccc(NC(=O)C(CCCNC(N)=O)NC(=O)CNC(=O)CCCCC(C)(C)OC(=O)C(CBr)CBr)cc1Cl)[C@]1(C)OC1[C@H](C)C1C[C@@](O)(NC(=O)O1)[C@H](OC)/C=C/C=C(\C)C2. The monoisotopic (exact) mass is 1380 g/mol. The molecule has 0 aromatic heterocycles. The molecule has 8 amide bonds. The van der Waals surface area contributed by atoms with Gasteiger partial charge in [0.15, 0.2) is 5.72 Å². The van der Waals surface area contributed by atoms with Crippen molar-refractivity contribution in [3.05, 3.63) is 75.3 Å². The fraction of sp³-hybridized carbons (Fsp3) is 0.576. The molecule has 87 heavy (non-hydrogen) atoms. The summed E-state index contributed by atoms with van der Waals surface area (Å²) < 4.78 is 35.2. The maximum absolute atomic E-state index is 14.5. The normalized spacial score (nSPS) is 23.8. The molecule has 480 valence electrons. The number of unbranched alkanes of at least 4 members (excludes halogenated alkanes) is 1. The molecule has 28 heteroatoms. The number of benzene rings is 2. The number of epoxide rings is 1. The molecule has 2 aromatic carbocycles. The van der Waals surface area contributed by atoms with Crippen LogP contribution in [0.3, 0.4) is 0 Å². The zero-order valence-corrected chi connectivity index (χ0v) is 55.2. The third-order valence-electron chi connectivity index (χ3n) is 15.5. The number of nitrogens with zero attached hydrogens (tertiary/aromatic N) is 2. The van der Waals surface area contributed by atoms with Gasteiger partial charge in [-0.3, -0.25) is 34.1 Å². The van der Waals surface area contributed by atoms with Crippen molar-refractivity contribution >= 4 is 120 Å². The second-order valence-electron chi connectivity index (χ2n) is 22.7. The third-order valence-corrected chi connectivity index (χ3v) is 17.8. The number of ether oxygens (including phenoxy) is 6. The molecule has 0 spiro atoms. The number of hydrogen-bond acceptors (Lipinski definition) is 16. The molecule has 24 nitrogen and oxygen atoms in total. The first-order valence-electron chi connectivity index (χ1n) is 28.3. The lowest BCUT2D eigenvalue weighted by atomic mass is 9.83. The third kappa shape index (κ3) is 19.7. The van der Waals surface area contributed by atoms with Crippen LogP contribution >= 0.6 is 55.1 Å². The van der Waals surface area contributed by atoms with Gasteiger partial charge in [-0.25, -0.2) is 14.4 Å². The number of fused-ring (bicyclic) bond motifs is 5. The average molecular weight is 1390 g/mol. The predicted molar refractivity (Wildman–Crippen MR) is 332 cm³/mol. The van der Waals surface area contributed by atoms with Crippen molar-refractivity contribution in [2.24, 2.45) is 17.6 Å². The van der Waals surface area contributed by atoms with E-state index >= 15 is 0 Å². The molecule has 2 fully saturated rings. The number of amides is 8. The van der Waals surface area contributed by atoms with Crippen LogP contribution in [-0.4, -0.2) is 169 Å². The molecule has 3 aliphatic rings. The van der Waals surface area contributed by atoms with E-state index in [1.807, 2.05) is 13.0 Å². The van der Waals surface area contributed by atoms with Crippen LogP contribution in [0, 0.1) is 11.8 Å². The number of nitrogens with one attached hydrogen (secondary N) is 5. The van der Waals surface area contributed by atoms with Gasteiger partial charge < -0.3 is 70.3 Å². The fourth-order valence-corrected chi connectivity index (χ4v) is 12.2. The Morgan fingerprint density at radius 1 is 1.01 bits per heavy atom. The number of methoxy groups -OCH3 is 2. The van der Waals surface area contributed by atoms with Crippen LogP contribution in [-0.2, 0) is 58.9 Å². The van der Waals surface area contributed by atoms with E-state index in [1.165, 1.54) is 58.3 Å². The minimum Gasteiger partial charge on any atom is -0.495 e. The lowest BCUT2D eigenvalue weighted by Gasteiger charge is -2.42. The molecule has 3 heterocycles. The average Bonchev–Trinajstić information content (AvgIpc) is 1.60. The molecule has 0 radical (unpaired) electrons. The van der Waals surface area contributed by atoms with E-state index in [1.54, 1.807) is 52.0 Å². The highest BCUT2D eigenvalue weighted by atomic mass is 79.9. The van der Waals surface area contributed by atoms with E-state index in [2.05, 4.69) is 58.4 Å². The van der Waals surface area contributed by atoms with Crippen molar-refractivity contribution < 1.29 is 76.7 Å². The van der Waals surface area contributed by atoms with Gasteiger partial charge in [0.25, 0.3) is 5.91 Å². The molecule has 3 aliphatic heterocycles. The number of hydrogen-bond donors (Lipinski definition) is 7. The Labute approximate surface area is 533 Å². The van der Waals surface area contributed by atoms with Crippen molar-refractivity contribution in [2.45, 2.75) is 153 Å². The van der Waals surface area contributed by atoms with Gasteiger partial charge in [-0.15, -0.1) is 0 Å². The summed E-state index contributed by atoms with van der Waals surface area (Å²) in [5.41, 5.74) is 3.11. The molecule has 9 atom stereocenters. The number of alkyl halides is 2. The molecule has 5 rings (SSSR count). The van der Waals surface area contributed by atoms with Gasteiger partial charge in [0.2, 0.25) is 23.6 Å². The number of primary amides is 1. The van der Waals surface area contributed by atoms with Gasteiger partial charge in [-0.05, 0) is 109 Å². The first-order chi connectivity index (χ1) is 40.9. The van der Waals surface area contributed by atoms with Crippen LogP contribution in [0.2, 0.25) is 10.0 Å². The first-order valence-corrected chi connectivity index (χ1v) is 31.3. The summed E-state index contributed by atoms with van der Waals surface area (Å²) >= 11 is 20.2. The minimum atomic E-state index is -1.92. The Balaban J connectivity index is 1.29. The number of likely N-dealkylation sites (N-methyl/N-ethyl adjacent to an activating group) is 1. The summed E-state index contributed by atoms with van der Waals surface area (Å²) in [5.74, 6) is -5.03. The van der Waals surface area contributed by atoms with Crippen LogP contribution < -0.4 is 42.0 Å². The lowest BCUT2D eigenvalue weighted by molar-refractivity contribution is -0.161. The minimum absolute atomic E-state index is 0.0262. The Bertz CT molecular complexity index is 2930. The van der Waals surface area contributed by atoms with E-state index in [4.69, 9.17) is 57.4 Å². The van der Waals surface area contributed by atoms with Crippen molar-refractivity contribution in [1.82, 2.24) is 26.2 Å². The maximum atomic E-state index is 14.5. The van der Waals surface area contributed by atoms with Crippen molar-refractivity contribution in [2.75, 3.05) is 62.3 Å². The molecule has 3 unspecified atom stereocenters. The second-order valence-corrected chi connectivity index (χ2v) is 24.8. The van der Waals surface area contributed by atoms with Crippen molar-refractivity contribution in [3.63, 3.8) is 0 Å². The summed E-state index contributed by atoms with van der Waals surface area (Å²) in [6, 6.07) is 4.21. The quantitative estimate of drug-likeness (QED) is 0.0188. The number of alkyl carbamates (subject to hydrolysis) is 1. The number of allylic oxidation sites excluding steroid dienone is 3. The van der Waals surface area contributed by atoms with Crippen LogP contribution in [0.1, 0.15) is 109 Å². The van der Waals surface area contributed by atoms with Crippen LogP contribution in [0.5, 0.6) is 5.75 Å². The van der Waals surface area contributed by atoms with Crippen molar-refractivity contribution in [1.29, 1.82) is 0 Å². The number of rotatable bonds is 24. The number of esters is 2. The second kappa shape index (κ2) is 31.9. The number of aliphatic hydroxyl groups is 1. The van der Waals surface area contributed by atoms with Gasteiger partial charge in [0.1, 0.15) is 52.4 Å². The Hall–Kier alpha value is -6.03. The molecule has 0 aliphatic carbocycles. The standard InChI is InChI=1S/C59H80Br2Cl2N8O16/c1-32-15-13-17-44(83-10)59(81)28-43(84-56(80)69-59)33(2)50-58(6,86-50)45(27-48(74)71(8)41-24-35(23-32)25-42(82-9)49(41)63)85-53(77)34(3)70(7)52(76)38-20-19-37(26-39(38)62)67-51(75)40(16-14-22-65-55(64)79)68-47(73)31-66-46(72)18-11-12-21-57(4,5)87-54(78)36(29-60)30-61/h13,15,17,19-20,24-26,33-34,36,40,43-45,50,81H,11-12,14,16,18,21-23,27-31H2,1-10H3,(H,66,72)(H,67,75)(H,68,73)(H,69,80)(H3,64,65,79)/b17-13+,32-15+/t33-,34+,40?,43?,44-,45+,50?,58+,59+/m1/s1. The molecule has 2 saturated heterocycles.